The first-order valence-electron chi connectivity index (χ1n) is 4.61. The summed E-state index contributed by atoms with van der Waals surface area (Å²) >= 11 is 5.64. The molecule has 5 heteroatoms. The minimum absolute atomic E-state index is 0.0504. The van der Waals surface area contributed by atoms with E-state index in [1.807, 2.05) is 0 Å². The Hall–Kier alpha value is -1.68. The normalized spacial score (nSPS) is 10.4. The lowest BCUT2D eigenvalue weighted by atomic mass is 10.2. The van der Waals surface area contributed by atoms with Gasteiger partial charge in [0, 0.05) is 12.3 Å². The van der Waals surface area contributed by atoms with Crippen LogP contribution in [0.2, 0.25) is 5.02 Å². The fourth-order valence-corrected chi connectivity index (χ4v) is 1.53. The molecule has 0 fully saturated rings. The van der Waals surface area contributed by atoms with Gasteiger partial charge in [-0.3, -0.25) is 9.36 Å². The van der Waals surface area contributed by atoms with Crippen LogP contribution in [0.4, 0.5) is 4.39 Å². The van der Waals surface area contributed by atoms with Gasteiger partial charge in [0.05, 0.1) is 17.9 Å². The van der Waals surface area contributed by atoms with Crippen LogP contribution in [0.25, 0.3) is 0 Å². The van der Waals surface area contributed by atoms with Gasteiger partial charge in [-0.2, -0.15) is 0 Å². The summed E-state index contributed by atoms with van der Waals surface area (Å²) in [4.78, 5) is 15.2. The first-order chi connectivity index (χ1) is 7.66. The van der Waals surface area contributed by atoms with Gasteiger partial charge in [0.25, 0.3) is 5.56 Å². The van der Waals surface area contributed by atoms with Crippen molar-refractivity contribution < 1.29 is 4.39 Å². The van der Waals surface area contributed by atoms with Gasteiger partial charge >= 0.3 is 0 Å². The van der Waals surface area contributed by atoms with Gasteiger partial charge in [0.1, 0.15) is 5.82 Å². The number of halogens is 2. The summed E-state index contributed by atoms with van der Waals surface area (Å²) < 4.78 is 14.3. The lowest BCUT2D eigenvalue weighted by Crippen LogP contribution is -2.19. The molecule has 0 amide bonds. The molecule has 0 N–H and O–H groups in total. The molecule has 0 atom stereocenters. The predicted octanol–water partition coefficient (Wildman–Crippen LogP) is 2.08. The molecule has 2 rings (SSSR count). The van der Waals surface area contributed by atoms with Crippen LogP contribution in [-0.4, -0.2) is 9.55 Å². The van der Waals surface area contributed by atoms with Crippen molar-refractivity contribution in [2.45, 2.75) is 6.54 Å². The maximum Gasteiger partial charge on any atom is 0.253 e. The quantitative estimate of drug-likeness (QED) is 0.803. The molecule has 0 bridgehead atoms. The van der Waals surface area contributed by atoms with Crippen LogP contribution in [0.15, 0.2) is 41.6 Å². The van der Waals surface area contributed by atoms with Gasteiger partial charge in [0.2, 0.25) is 0 Å². The molecule has 0 unspecified atom stereocenters. The third kappa shape index (κ3) is 2.28. The third-order valence-electron chi connectivity index (χ3n) is 2.13. The summed E-state index contributed by atoms with van der Waals surface area (Å²) in [6.45, 7) is 0.326. The number of hydrogen-bond acceptors (Lipinski definition) is 2. The van der Waals surface area contributed by atoms with E-state index in [0.717, 1.165) is 5.56 Å². The monoisotopic (exact) mass is 238 g/mol. The molecule has 0 radical (unpaired) electrons. The molecule has 1 heterocycles. The molecule has 3 nitrogen and oxygen atoms in total. The summed E-state index contributed by atoms with van der Waals surface area (Å²) in [5.74, 6) is -0.469. The van der Waals surface area contributed by atoms with Crippen LogP contribution in [-0.2, 0) is 6.54 Å². The molecule has 0 saturated carbocycles. The van der Waals surface area contributed by atoms with Crippen molar-refractivity contribution in [1.82, 2.24) is 9.55 Å². The van der Waals surface area contributed by atoms with E-state index in [4.69, 9.17) is 11.6 Å². The molecular weight excluding hydrogens is 231 g/mol. The summed E-state index contributed by atoms with van der Waals surface area (Å²) in [5.41, 5.74) is 0.594. The average Bonchev–Trinajstić information content (AvgIpc) is 2.27. The molecule has 0 spiro atoms. The highest BCUT2D eigenvalue weighted by Crippen LogP contribution is 2.16. The summed E-state index contributed by atoms with van der Waals surface area (Å²) in [7, 11) is 0. The Morgan fingerprint density at radius 3 is 2.88 bits per heavy atom. The molecular formula is C11H8ClFN2O. The van der Waals surface area contributed by atoms with Crippen molar-refractivity contribution in [3.8, 4) is 0 Å². The highest BCUT2D eigenvalue weighted by Gasteiger charge is 2.02. The molecule has 2 aromatic rings. The smallest absolute Gasteiger partial charge is 0.253 e. The maximum absolute atomic E-state index is 12.9. The largest absolute Gasteiger partial charge is 0.295 e. The first kappa shape index (κ1) is 10.8. The fraction of sp³-hybridized carbons (Fsp3) is 0.0909. The number of aromatic nitrogens is 2. The minimum atomic E-state index is -0.469. The molecule has 16 heavy (non-hydrogen) atoms. The van der Waals surface area contributed by atoms with Crippen molar-refractivity contribution in [2.24, 2.45) is 0 Å². The van der Waals surface area contributed by atoms with Crippen LogP contribution in [0.3, 0.4) is 0 Å². The minimum Gasteiger partial charge on any atom is -0.295 e. The molecule has 1 aromatic heterocycles. The first-order valence-corrected chi connectivity index (χ1v) is 4.99. The molecule has 0 aliphatic heterocycles. The lowest BCUT2D eigenvalue weighted by Gasteiger charge is -2.05. The van der Waals surface area contributed by atoms with Gasteiger partial charge in [0.15, 0.2) is 0 Å². The van der Waals surface area contributed by atoms with E-state index in [2.05, 4.69) is 4.98 Å². The Kier molecular flexibility index (Phi) is 3.01. The fourth-order valence-electron chi connectivity index (χ4n) is 1.33. The zero-order chi connectivity index (χ0) is 11.5. The van der Waals surface area contributed by atoms with E-state index < -0.39 is 5.82 Å². The Balaban J connectivity index is 2.31. The van der Waals surface area contributed by atoms with Crippen LogP contribution in [0.5, 0.6) is 0 Å². The van der Waals surface area contributed by atoms with Crippen molar-refractivity contribution in [1.29, 1.82) is 0 Å². The summed E-state index contributed by atoms with van der Waals surface area (Å²) in [6, 6.07) is 5.72. The number of rotatable bonds is 2. The van der Waals surface area contributed by atoms with Crippen LogP contribution in [0.1, 0.15) is 5.56 Å². The standard InChI is InChI=1S/C11H8ClFN2O/c12-9-5-8(1-2-10(9)13)6-15-7-14-4-3-11(15)16/h1-5,7H,6H2. The van der Waals surface area contributed by atoms with Gasteiger partial charge < -0.3 is 0 Å². The van der Waals surface area contributed by atoms with Gasteiger partial charge in [-0.1, -0.05) is 17.7 Å². The molecule has 82 valence electrons. The third-order valence-corrected chi connectivity index (χ3v) is 2.42. The Morgan fingerprint density at radius 1 is 1.38 bits per heavy atom. The SMILES string of the molecule is O=c1ccncn1Cc1ccc(F)c(Cl)c1. The van der Waals surface area contributed by atoms with Gasteiger partial charge in [-0.05, 0) is 17.7 Å². The highest BCUT2D eigenvalue weighted by atomic mass is 35.5. The second-order valence-corrected chi connectivity index (χ2v) is 3.70. The number of nitrogens with zero attached hydrogens (tertiary/aromatic N) is 2. The molecule has 1 aromatic carbocycles. The second kappa shape index (κ2) is 4.45. The van der Waals surface area contributed by atoms with E-state index in [1.165, 1.54) is 35.3 Å². The predicted molar refractivity (Wildman–Crippen MR) is 59.0 cm³/mol. The van der Waals surface area contributed by atoms with Crippen LogP contribution < -0.4 is 5.56 Å². The van der Waals surface area contributed by atoms with Crippen molar-refractivity contribution >= 4 is 11.6 Å². The van der Waals surface area contributed by atoms with E-state index in [9.17, 15) is 9.18 Å². The van der Waals surface area contributed by atoms with Gasteiger partial charge in [-0.15, -0.1) is 0 Å². The lowest BCUT2D eigenvalue weighted by molar-refractivity contribution is 0.626. The van der Waals surface area contributed by atoms with E-state index >= 15 is 0 Å². The van der Waals surface area contributed by atoms with Gasteiger partial charge in [-0.25, -0.2) is 9.37 Å². The van der Waals surface area contributed by atoms with E-state index in [1.54, 1.807) is 6.07 Å². The van der Waals surface area contributed by atoms with Crippen molar-refractivity contribution in [2.75, 3.05) is 0 Å². The number of benzene rings is 1. The van der Waals surface area contributed by atoms with E-state index in [0.29, 0.717) is 6.54 Å². The summed E-state index contributed by atoms with van der Waals surface area (Å²) in [6.07, 6.45) is 2.86. The molecule has 0 saturated heterocycles. The van der Waals surface area contributed by atoms with Crippen LogP contribution in [0, 0.1) is 5.82 Å². The highest BCUT2D eigenvalue weighted by molar-refractivity contribution is 6.30. The van der Waals surface area contributed by atoms with Crippen molar-refractivity contribution in [3.05, 3.63) is 63.5 Å². The summed E-state index contributed by atoms with van der Waals surface area (Å²) in [5, 5.41) is 0.0504. The Labute approximate surface area is 96.1 Å². The molecule has 0 aliphatic carbocycles. The zero-order valence-corrected chi connectivity index (χ0v) is 8.99. The number of hydrogen-bond donors (Lipinski definition) is 0. The average molecular weight is 239 g/mol. The second-order valence-electron chi connectivity index (χ2n) is 3.29. The maximum atomic E-state index is 12.9. The Bertz CT molecular complexity index is 568. The topological polar surface area (TPSA) is 34.9 Å². The Morgan fingerprint density at radius 2 is 2.19 bits per heavy atom. The van der Waals surface area contributed by atoms with Crippen LogP contribution >= 0.6 is 11.6 Å². The van der Waals surface area contributed by atoms with E-state index in [-0.39, 0.29) is 10.6 Å². The molecule has 0 aliphatic rings. The zero-order valence-electron chi connectivity index (χ0n) is 8.23. The van der Waals surface area contributed by atoms with Crippen molar-refractivity contribution in [3.63, 3.8) is 0 Å².